The maximum Gasteiger partial charge on any atom is 0.241 e. The van der Waals surface area contributed by atoms with Crippen molar-refractivity contribution in [3.05, 3.63) is 34.6 Å². The van der Waals surface area contributed by atoms with Crippen LogP contribution in [-0.4, -0.2) is 40.1 Å². The van der Waals surface area contributed by atoms with E-state index < -0.39 is 0 Å². The second kappa shape index (κ2) is 9.18. The molecule has 28 heavy (non-hydrogen) atoms. The average molecular weight is 447 g/mol. The molecular formula is C21H27BrN4O2. The number of likely N-dealkylation sites (tertiary alicyclic amines) is 1. The van der Waals surface area contributed by atoms with Gasteiger partial charge in [0.1, 0.15) is 0 Å². The van der Waals surface area contributed by atoms with Gasteiger partial charge < -0.3 is 9.84 Å². The van der Waals surface area contributed by atoms with Crippen LogP contribution in [-0.2, 0) is 11.3 Å². The minimum Gasteiger partial charge on any atom is -0.353 e. The summed E-state index contributed by atoms with van der Waals surface area (Å²) in [5, 5.41) is 7.37. The summed E-state index contributed by atoms with van der Waals surface area (Å²) in [6, 6.07) is 8.27. The van der Waals surface area contributed by atoms with Crippen molar-refractivity contribution >= 4 is 21.8 Å². The molecule has 4 rings (SSSR count). The number of piperidine rings is 1. The molecule has 0 spiro atoms. The quantitative estimate of drug-likeness (QED) is 0.746. The minimum absolute atomic E-state index is 0.138. The maximum atomic E-state index is 12.5. The van der Waals surface area contributed by atoms with Gasteiger partial charge in [0.25, 0.3) is 0 Å². The standard InChI is InChI=1S/C21H27BrN4O2/c22-17-8-6-15(7-9-17)20-24-19(28-25-20)14-26-12-10-16(11-13-26)21(27)23-18-4-2-1-3-5-18/h6-9,16,18H,1-5,10-14H2,(H,23,27). The lowest BCUT2D eigenvalue weighted by Crippen LogP contribution is -2.44. The number of aromatic nitrogens is 2. The van der Waals surface area contributed by atoms with Crippen LogP contribution in [0.4, 0.5) is 0 Å². The fourth-order valence-corrected chi connectivity index (χ4v) is 4.41. The van der Waals surface area contributed by atoms with E-state index in [1.807, 2.05) is 24.3 Å². The molecule has 1 saturated carbocycles. The lowest BCUT2D eigenvalue weighted by atomic mass is 9.92. The SMILES string of the molecule is O=C(NC1CCCCC1)C1CCN(Cc2nc(-c3ccc(Br)cc3)no2)CC1. The summed E-state index contributed by atoms with van der Waals surface area (Å²) in [5.74, 6) is 1.63. The largest absolute Gasteiger partial charge is 0.353 e. The molecule has 0 unspecified atom stereocenters. The summed E-state index contributed by atoms with van der Waals surface area (Å²) in [5.41, 5.74) is 0.941. The average Bonchev–Trinajstić information content (AvgIpc) is 3.18. The summed E-state index contributed by atoms with van der Waals surface area (Å²) in [4.78, 5) is 19.4. The lowest BCUT2D eigenvalue weighted by Gasteiger charge is -2.32. The molecule has 150 valence electrons. The highest BCUT2D eigenvalue weighted by Crippen LogP contribution is 2.23. The van der Waals surface area contributed by atoms with Crippen LogP contribution < -0.4 is 5.32 Å². The van der Waals surface area contributed by atoms with Crippen LogP contribution in [0.1, 0.15) is 50.8 Å². The van der Waals surface area contributed by atoms with Gasteiger partial charge in [0.15, 0.2) is 0 Å². The third-order valence-corrected chi connectivity index (χ3v) is 6.37. The van der Waals surface area contributed by atoms with E-state index in [2.05, 4.69) is 36.3 Å². The van der Waals surface area contributed by atoms with Crippen LogP contribution in [0.5, 0.6) is 0 Å². The Morgan fingerprint density at radius 3 is 2.54 bits per heavy atom. The molecule has 0 radical (unpaired) electrons. The van der Waals surface area contributed by atoms with Crippen molar-refractivity contribution in [1.82, 2.24) is 20.4 Å². The highest BCUT2D eigenvalue weighted by atomic mass is 79.9. The van der Waals surface area contributed by atoms with Crippen LogP contribution >= 0.6 is 15.9 Å². The number of halogens is 1. The van der Waals surface area contributed by atoms with E-state index in [9.17, 15) is 4.79 Å². The summed E-state index contributed by atoms with van der Waals surface area (Å²) in [7, 11) is 0. The van der Waals surface area contributed by atoms with Crippen molar-refractivity contribution in [3.8, 4) is 11.4 Å². The Balaban J connectivity index is 1.25. The Morgan fingerprint density at radius 2 is 1.82 bits per heavy atom. The van der Waals surface area contributed by atoms with Gasteiger partial charge in [-0.1, -0.05) is 40.3 Å². The van der Waals surface area contributed by atoms with E-state index in [0.29, 0.717) is 24.3 Å². The second-order valence-electron chi connectivity index (χ2n) is 7.91. The van der Waals surface area contributed by atoms with Gasteiger partial charge in [-0.25, -0.2) is 0 Å². The van der Waals surface area contributed by atoms with Crippen LogP contribution in [0.15, 0.2) is 33.3 Å². The van der Waals surface area contributed by atoms with Crippen molar-refractivity contribution in [3.63, 3.8) is 0 Å². The van der Waals surface area contributed by atoms with Gasteiger partial charge in [-0.15, -0.1) is 0 Å². The maximum absolute atomic E-state index is 12.5. The predicted molar refractivity (Wildman–Crippen MR) is 110 cm³/mol. The Kier molecular flexibility index (Phi) is 6.42. The first kappa shape index (κ1) is 19.6. The van der Waals surface area contributed by atoms with Gasteiger partial charge in [0.2, 0.25) is 17.6 Å². The topological polar surface area (TPSA) is 71.3 Å². The zero-order chi connectivity index (χ0) is 19.3. The number of carbonyl (C=O) groups excluding carboxylic acids is 1. The first-order valence-corrected chi connectivity index (χ1v) is 11.1. The van der Waals surface area contributed by atoms with E-state index in [1.54, 1.807) is 0 Å². The van der Waals surface area contributed by atoms with Crippen LogP contribution in [0.25, 0.3) is 11.4 Å². The molecule has 2 heterocycles. The molecule has 2 aliphatic rings. The van der Waals surface area contributed by atoms with E-state index >= 15 is 0 Å². The molecule has 1 aliphatic carbocycles. The molecule has 1 saturated heterocycles. The summed E-state index contributed by atoms with van der Waals surface area (Å²) >= 11 is 3.43. The summed E-state index contributed by atoms with van der Waals surface area (Å²) in [6.07, 6.45) is 7.87. The molecule has 1 aliphatic heterocycles. The van der Waals surface area contributed by atoms with E-state index in [-0.39, 0.29) is 11.8 Å². The Morgan fingerprint density at radius 1 is 1.11 bits per heavy atom. The number of nitrogens with one attached hydrogen (secondary N) is 1. The number of nitrogens with zero attached hydrogens (tertiary/aromatic N) is 3. The van der Waals surface area contributed by atoms with Gasteiger partial charge >= 0.3 is 0 Å². The minimum atomic E-state index is 0.138. The molecule has 1 N–H and O–H groups in total. The van der Waals surface area contributed by atoms with Gasteiger partial charge in [0, 0.05) is 22.0 Å². The third kappa shape index (κ3) is 5.00. The van der Waals surface area contributed by atoms with E-state index in [1.165, 1.54) is 19.3 Å². The Labute approximate surface area is 174 Å². The van der Waals surface area contributed by atoms with Crippen LogP contribution in [0, 0.1) is 5.92 Å². The van der Waals surface area contributed by atoms with E-state index in [4.69, 9.17) is 4.52 Å². The summed E-state index contributed by atoms with van der Waals surface area (Å²) < 4.78 is 6.46. The van der Waals surface area contributed by atoms with Crippen molar-refractivity contribution < 1.29 is 9.32 Å². The molecule has 6 nitrogen and oxygen atoms in total. The fourth-order valence-electron chi connectivity index (χ4n) is 4.15. The zero-order valence-corrected chi connectivity index (χ0v) is 17.7. The fraction of sp³-hybridized carbons (Fsp3) is 0.571. The third-order valence-electron chi connectivity index (χ3n) is 5.84. The number of hydrogen-bond donors (Lipinski definition) is 1. The first-order chi connectivity index (χ1) is 13.7. The number of rotatable bonds is 5. The van der Waals surface area contributed by atoms with Crippen molar-refractivity contribution in [2.45, 2.75) is 57.5 Å². The van der Waals surface area contributed by atoms with Crippen LogP contribution in [0.3, 0.4) is 0 Å². The number of carbonyl (C=O) groups is 1. The van der Waals surface area contributed by atoms with Gasteiger partial charge in [-0.05, 0) is 63.0 Å². The predicted octanol–water partition coefficient (Wildman–Crippen LogP) is 4.16. The molecule has 0 atom stereocenters. The molecule has 7 heteroatoms. The van der Waals surface area contributed by atoms with Gasteiger partial charge in [0.05, 0.1) is 6.54 Å². The highest BCUT2D eigenvalue weighted by molar-refractivity contribution is 9.10. The Bertz CT molecular complexity index is 778. The normalized spacial score (nSPS) is 19.6. The first-order valence-electron chi connectivity index (χ1n) is 10.3. The van der Waals surface area contributed by atoms with Crippen molar-refractivity contribution in [2.75, 3.05) is 13.1 Å². The van der Waals surface area contributed by atoms with E-state index in [0.717, 1.165) is 48.8 Å². The molecule has 1 amide bonds. The zero-order valence-electron chi connectivity index (χ0n) is 16.1. The second-order valence-corrected chi connectivity index (χ2v) is 8.83. The number of benzene rings is 1. The van der Waals surface area contributed by atoms with Gasteiger partial charge in [-0.3, -0.25) is 9.69 Å². The number of hydrogen-bond acceptors (Lipinski definition) is 5. The van der Waals surface area contributed by atoms with Crippen molar-refractivity contribution in [1.29, 1.82) is 0 Å². The van der Waals surface area contributed by atoms with Gasteiger partial charge in [-0.2, -0.15) is 4.98 Å². The molecular weight excluding hydrogens is 420 g/mol. The smallest absolute Gasteiger partial charge is 0.241 e. The molecule has 1 aromatic carbocycles. The van der Waals surface area contributed by atoms with Crippen LogP contribution in [0.2, 0.25) is 0 Å². The molecule has 1 aromatic heterocycles. The molecule has 2 aromatic rings. The Hall–Kier alpha value is -1.73. The van der Waals surface area contributed by atoms with Crippen molar-refractivity contribution in [2.24, 2.45) is 5.92 Å². The highest BCUT2D eigenvalue weighted by Gasteiger charge is 2.27. The molecule has 0 bridgehead atoms. The summed E-state index contributed by atoms with van der Waals surface area (Å²) in [6.45, 7) is 2.41. The molecule has 2 fully saturated rings. The monoisotopic (exact) mass is 446 g/mol. The number of amides is 1. The lowest BCUT2D eigenvalue weighted by molar-refractivity contribution is -0.127.